The zero-order valence-corrected chi connectivity index (χ0v) is 10.1. The van der Waals surface area contributed by atoms with Gasteiger partial charge in [0.15, 0.2) is 0 Å². The van der Waals surface area contributed by atoms with Gasteiger partial charge in [0.05, 0.1) is 19.7 Å². The van der Waals surface area contributed by atoms with Crippen LogP contribution in [0.1, 0.15) is 30.9 Å². The Morgan fingerprint density at radius 2 is 2.19 bits per heavy atom. The van der Waals surface area contributed by atoms with Gasteiger partial charge in [-0.1, -0.05) is 26.0 Å². The molecule has 0 aromatic heterocycles. The number of methoxy groups -OCH3 is 1. The van der Waals surface area contributed by atoms with E-state index >= 15 is 0 Å². The van der Waals surface area contributed by atoms with E-state index in [4.69, 9.17) is 10.00 Å². The summed E-state index contributed by atoms with van der Waals surface area (Å²) in [4.78, 5) is 0. The van der Waals surface area contributed by atoms with E-state index in [1.54, 1.807) is 7.11 Å². The minimum absolute atomic E-state index is 0.356. The lowest BCUT2D eigenvalue weighted by Crippen LogP contribution is -2.14. The molecule has 0 atom stereocenters. The Labute approximate surface area is 97.0 Å². The van der Waals surface area contributed by atoms with Gasteiger partial charge in [-0.3, -0.25) is 0 Å². The fraction of sp³-hybridized carbons (Fsp3) is 0.462. The number of hydrogen-bond acceptors (Lipinski definition) is 3. The lowest BCUT2D eigenvalue weighted by molar-refractivity contribution is 0.408. The molecule has 0 saturated heterocycles. The maximum atomic E-state index is 8.47. The highest BCUT2D eigenvalue weighted by molar-refractivity contribution is 5.38. The van der Waals surface area contributed by atoms with E-state index in [1.807, 2.05) is 6.07 Å². The first-order chi connectivity index (χ1) is 7.69. The summed E-state index contributed by atoms with van der Waals surface area (Å²) in [5.41, 5.74) is 2.39. The van der Waals surface area contributed by atoms with Crippen LogP contribution in [0.15, 0.2) is 18.2 Å². The second-order valence-electron chi connectivity index (χ2n) is 3.99. The van der Waals surface area contributed by atoms with Crippen LogP contribution in [0.4, 0.5) is 0 Å². The zero-order valence-electron chi connectivity index (χ0n) is 10.1. The number of nitrogens with one attached hydrogen (secondary N) is 1. The van der Waals surface area contributed by atoms with E-state index in [0.717, 1.165) is 11.3 Å². The molecule has 1 aromatic carbocycles. The summed E-state index contributed by atoms with van der Waals surface area (Å²) in [6, 6.07) is 8.26. The van der Waals surface area contributed by atoms with Crippen LogP contribution in [0.25, 0.3) is 0 Å². The summed E-state index contributed by atoms with van der Waals surface area (Å²) >= 11 is 0. The maximum absolute atomic E-state index is 8.47. The standard InChI is InChI=1S/C13H18N2O/c1-10(2)11-4-5-13(16-3)12(8-11)9-15-7-6-14/h4-5,8,10,15H,7,9H2,1-3H3. The molecule has 1 N–H and O–H groups in total. The molecule has 3 nitrogen and oxygen atoms in total. The molecule has 0 aliphatic heterocycles. The second kappa shape index (κ2) is 6.14. The summed E-state index contributed by atoms with van der Waals surface area (Å²) in [7, 11) is 1.66. The first-order valence-corrected chi connectivity index (χ1v) is 5.43. The molecule has 0 amide bonds. The largest absolute Gasteiger partial charge is 0.496 e. The molecule has 0 saturated carbocycles. The van der Waals surface area contributed by atoms with Gasteiger partial charge >= 0.3 is 0 Å². The zero-order chi connectivity index (χ0) is 12.0. The Morgan fingerprint density at radius 1 is 1.44 bits per heavy atom. The minimum Gasteiger partial charge on any atom is -0.496 e. The Balaban J connectivity index is 2.85. The number of rotatable bonds is 5. The Hall–Kier alpha value is -1.53. The highest BCUT2D eigenvalue weighted by atomic mass is 16.5. The maximum Gasteiger partial charge on any atom is 0.123 e. The molecular weight excluding hydrogens is 200 g/mol. The molecule has 1 aromatic rings. The highest BCUT2D eigenvalue weighted by Crippen LogP contribution is 2.23. The third kappa shape index (κ3) is 3.25. The second-order valence-corrected chi connectivity index (χ2v) is 3.99. The number of ether oxygens (including phenoxy) is 1. The van der Waals surface area contributed by atoms with Crippen LogP contribution in [0.3, 0.4) is 0 Å². The number of hydrogen-bond donors (Lipinski definition) is 1. The topological polar surface area (TPSA) is 45.0 Å². The number of nitriles is 1. The molecular formula is C13H18N2O. The molecule has 0 fully saturated rings. The highest BCUT2D eigenvalue weighted by Gasteiger charge is 2.06. The van der Waals surface area contributed by atoms with Gasteiger partial charge in [-0.15, -0.1) is 0 Å². The summed E-state index contributed by atoms with van der Waals surface area (Å²) in [6.07, 6.45) is 0. The van der Waals surface area contributed by atoms with Crippen molar-refractivity contribution in [2.24, 2.45) is 0 Å². The first-order valence-electron chi connectivity index (χ1n) is 5.43. The van der Waals surface area contributed by atoms with Crippen molar-refractivity contribution in [2.75, 3.05) is 13.7 Å². The van der Waals surface area contributed by atoms with E-state index in [0.29, 0.717) is 19.0 Å². The predicted molar refractivity (Wildman–Crippen MR) is 64.4 cm³/mol. The van der Waals surface area contributed by atoms with Crippen molar-refractivity contribution in [1.29, 1.82) is 5.26 Å². The Morgan fingerprint density at radius 3 is 2.75 bits per heavy atom. The van der Waals surface area contributed by atoms with Crippen molar-refractivity contribution in [3.63, 3.8) is 0 Å². The van der Waals surface area contributed by atoms with Crippen LogP contribution >= 0.6 is 0 Å². The fourth-order valence-corrected chi connectivity index (χ4v) is 1.55. The van der Waals surface area contributed by atoms with Crippen molar-refractivity contribution < 1.29 is 4.74 Å². The molecule has 16 heavy (non-hydrogen) atoms. The SMILES string of the molecule is COc1ccc(C(C)C)cc1CNCC#N. The molecule has 0 aliphatic rings. The van der Waals surface area contributed by atoms with Gasteiger partial charge in [0.1, 0.15) is 5.75 Å². The van der Waals surface area contributed by atoms with Gasteiger partial charge in [-0.25, -0.2) is 0 Å². The van der Waals surface area contributed by atoms with Crippen molar-refractivity contribution in [1.82, 2.24) is 5.32 Å². The average molecular weight is 218 g/mol. The van der Waals surface area contributed by atoms with Crippen LogP contribution < -0.4 is 10.1 Å². The summed E-state index contributed by atoms with van der Waals surface area (Å²) in [5.74, 6) is 1.37. The van der Waals surface area contributed by atoms with Crippen LogP contribution in [0.2, 0.25) is 0 Å². The average Bonchev–Trinajstić information content (AvgIpc) is 2.29. The molecule has 0 radical (unpaired) electrons. The van der Waals surface area contributed by atoms with Gasteiger partial charge in [0, 0.05) is 12.1 Å². The lowest BCUT2D eigenvalue weighted by atomic mass is 10.0. The first kappa shape index (κ1) is 12.5. The third-order valence-electron chi connectivity index (χ3n) is 2.49. The summed E-state index contributed by atoms with van der Waals surface area (Å²) < 4.78 is 5.29. The monoisotopic (exact) mass is 218 g/mol. The van der Waals surface area contributed by atoms with Crippen molar-refractivity contribution in [3.05, 3.63) is 29.3 Å². The van der Waals surface area contributed by atoms with Crippen LogP contribution in [-0.2, 0) is 6.54 Å². The van der Waals surface area contributed by atoms with Gasteiger partial charge in [0.2, 0.25) is 0 Å². The van der Waals surface area contributed by atoms with E-state index in [-0.39, 0.29) is 0 Å². The quantitative estimate of drug-likeness (QED) is 0.610. The summed E-state index contributed by atoms with van der Waals surface area (Å²) in [6.45, 7) is 5.34. The van der Waals surface area contributed by atoms with Gasteiger partial charge in [-0.2, -0.15) is 5.26 Å². The third-order valence-corrected chi connectivity index (χ3v) is 2.49. The van der Waals surface area contributed by atoms with Crippen LogP contribution in [0, 0.1) is 11.3 Å². The molecule has 0 heterocycles. The molecule has 86 valence electrons. The molecule has 1 rings (SSSR count). The van der Waals surface area contributed by atoms with E-state index in [1.165, 1.54) is 5.56 Å². The molecule has 0 bridgehead atoms. The van der Waals surface area contributed by atoms with Gasteiger partial charge in [-0.05, 0) is 17.5 Å². The van der Waals surface area contributed by atoms with Crippen LogP contribution in [-0.4, -0.2) is 13.7 Å². The minimum atomic E-state index is 0.356. The van der Waals surface area contributed by atoms with E-state index < -0.39 is 0 Å². The molecule has 3 heteroatoms. The normalized spacial score (nSPS) is 10.2. The number of benzene rings is 1. The Kier molecular flexibility index (Phi) is 4.81. The predicted octanol–water partition coefficient (Wildman–Crippen LogP) is 2.43. The fourth-order valence-electron chi connectivity index (χ4n) is 1.55. The van der Waals surface area contributed by atoms with E-state index in [2.05, 4.69) is 37.4 Å². The Bertz CT molecular complexity index is 380. The molecule has 0 spiro atoms. The molecule has 0 aliphatic carbocycles. The van der Waals surface area contributed by atoms with Crippen molar-refractivity contribution in [3.8, 4) is 11.8 Å². The number of nitrogens with zero attached hydrogens (tertiary/aromatic N) is 1. The van der Waals surface area contributed by atoms with E-state index in [9.17, 15) is 0 Å². The lowest BCUT2D eigenvalue weighted by Gasteiger charge is -2.12. The van der Waals surface area contributed by atoms with Gasteiger partial charge in [0.25, 0.3) is 0 Å². The van der Waals surface area contributed by atoms with Crippen molar-refractivity contribution >= 4 is 0 Å². The molecule has 0 unspecified atom stereocenters. The van der Waals surface area contributed by atoms with Gasteiger partial charge < -0.3 is 10.1 Å². The summed E-state index contributed by atoms with van der Waals surface area (Å²) in [5, 5.41) is 11.5. The van der Waals surface area contributed by atoms with Crippen LogP contribution in [0.5, 0.6) is 5.75 Å². The smallest absolute Gasteiger partial charge is 0.123 e. The van der Waals surface area contributed by atoms with Crippen molar-refractivity contribution in [2.45, 2.75) is 26.3 Å².